The summed E-state index contributed by atoms with van der Waals surface area (Å²) in [5.41, 5.74) is 2.97. The number of hydrogen-bond donors (Lipinski definition) is 2. The molecule has 1 atom stereocenters. The molecule has 0 saturated carbocycles. The highest BCUT2D eigenvalue weighted by Crippen LogP contribution is 2.30. The monoisotopic (exact) mass is 366 g/mol. The number of fused-ring (bicyclic) bond motifs is 1. The maximum atomic E-state index is 12.4. The molecule has 10 heteroatoms. The second-order valence-corrected chi connectivity index (χ2v) is 7.20. The van der Waals surface area contributed by atoms with Gasteiger partial charge in [-0.1, -0.05) is 12.1 Å². The number of carbonyl (C=O) groups excluding carboxylic acids is 1. The Morgan fingerprint density at radius 1 is 1.28 bits per heavy atom. The van der Waals surface area contributed by atoms with Crippen molar-refractivity contribution in [1.82, 2.24) is 20.0 Å². The summed E-state index contributed by atoms with van der Waals surface area (Å²) in [4.78, 5) is 14.3. The molecule has 1 aliphatic heterocycles. The Hall–Kier alpha value is -2.59. The van der Waals surface area contributed by atoms with Crippen LogP contribution in [0.4, 0.5) is 0 Å². The van der Waals surface area contributed by atoms with Crippen molar-refractivity contribution in [3.05, 3.63) is 35.7 Å². The van der Waals surface area contributed by atoms with E-state index in [2.05, 4.69) is 15.4 Å². The standard InChI is InChI=1S/C15H18N4O5S/c1-9-14(10(2)19(3)17-9)25(21,22)18-16-15(20)13-8-23-11-6-4-5-7-12(11)24-13/h4-7,13,18H,8H2,1-3H3,(H,16,20)/t13-/m1/s1. The van der Waals surface area contributed by atoms with E-state index in [1.165, 1.54) is 4.68 Å². The maximum absolute atomic E-state index is 12.4. The van der Waals surface area contributed by atoms with Gasteiger partial charge in [-0.15, -0.1) is 4.83 Å². The lowest BCUT2D eigenvalue weighted by molar-refractivity contribution is -0.130. The quantitative estimate of drug-likeness (QED) is 0.747. The van der Waals surface area contributed by atoms with Crippen LogP contribution in [0, 0.1) is 13.8 Å². The van der Waals surface area contributed by atoms with Crippen molar-refractivity contribution in [2.75, 3.05) is 6.61 Å². The Morgan fingerprint density at radius 3 is 2.60 bits per heavy atom. The summed E-state index contributed by atoms with van der Waals surface area (Å²) in [5.74, 6) is 0.307. The van der Waals surface area contributed by atoms with Crippen LogP contribution in [0.15, 0.2) is 29.2 Å². The lowest BCUT2D eigenvalue weighted by Crippen LogP contribution is -2.50. The number of ether oxygens (including phenoxy) is 2. The van der Waals surface area contributed by atoms with Crippen molar-refractivity contribution in [3.63, 3.8) is 0 Å². The van der Waals surface area contributed by atoms with Gasteiger partial charge in [-0.2, -0.15) is 5.10 Å². The van der Waals surface area contributed by atoms with Crippen LogP contribution in [-0.4, -0.2) is 36.8 Å². The zero-order valence-electron chi connectivity index (χ0n) is 13.9. The van der Waals surface area contributed by atoms with Crippen molar-refractivity contribution in [2.45, 2.75) is 24.8 Å². The summed E-state index contributed by atoms with van der Waals surface area (Å²) < 4.78 is 37.3. The number of aromatic nitrogens is 2. The molecule has 0 bridgehead atoms. The van der Waals surface area contributed by atoms with Crippen molar-refractivity contribution in [3.8, 4) is 11.5 Å². The van der Waals surface area contributed by atoms with Crippen LogP contribution in [0.2, 0.25) is 0 Å². The summed E-state index contributed by atoms with van der Waals surface area (Å²) in [7, 11) is -2.31. The SMILES string of the molecule is Cc1nn(C)c(C)c1S(=O)(=O)NNC(=O)[C@H]1COc2ccccc2O1. The van der Waals surface area contributed by atoms with Gasteiger partial charge in [0.1, 0.15) is 11.5 Å². The van der Waals surface area contributed by atoms with Crippen LogP contribution < -0.4 is 19.7 Å². The van der Waals surface area contributed by atoms with Crippen LogP contribution in [-0.2, 0) is 21.9 Å². The number of nitrogens with one attached hydrogen (secondary N) is 2. The molecule has 1 aromatic heterocycles. The third-order valence-electron chi connectivity index (χ3n) is 3.82. The van der Waals surface area contributed by atoms with E-state index in [0.29, 0.717) is 22.9 Å². The third-order valence-corrected chi connectivity index (χ3v) is 5.32. The summed E-state index contributed by atoms with van der Waals surface area (Å²) in [6, 6.07) is 6.93. The smallest absolute Gasteiger partial charge is 0.279 e. The minimum atomic E-state index is -3.96. The fourth-order valence-electron chi connectivity index (χ4n) is 2.54. The normalized spacial score (nSPS) is 16.5. The molecule has 0 aliphatic carbocycles. The highest BCUT2D eigenvalue weighted by molar-refractivity contribution is 7.89. The fourth-order valence-corrected chi connectivity index (χ4v) is 3.83. The van der Waals surface area contributed by atoms with Gasteiger partial charge in [0.2, 0.25) is 6.10 Å². The van der Waals surface area contributed by atoms with Crippen molar-refractivity contribution >= 4 is 15.9 Å². The van der Waals surface area contributed by atoms with Crippen LogP contribution in [0.5, 0.6) is 11.5 Å². The van der Waals surface area contributed by atoms with Gasteiger partial charge < -0.3 is 9.47 Å². The lowest BCUT2D eigenvalue weighted by Gasteiger charge is -2.25. The average Bonchev–Trinajstić information content (AvgIpc) is 2.85. The van der Waals surface area contributed by atoms with Gasteiger partial charge in [0.25, 0.3) is 15.9 Å². The largest absolute Gasteiger partial charge is 0.485 e. The topological polar surface area (TPSA) is 112 Å². The van der Waals surface area contributed by atoms with E-state index in [1.54, 1.807) is 45.2 Å². The van der Waals surface area contributed by atoms with Gasteiger partial charge in [0, 0.05) is 7.05 Å². The molecule has 2 aromatic rings. The Morgan fingerprint density at radius 2 is 1.96 bits per heavy atom. The number of amides is 1. The van der Waals surface area contributed by atoms with Gasteiger partial charge >= 0.3 is 0 Å². The molecule has 25 heavy (non-hydrogen) atoms. The van der Waals surface area contributed by atoms with E-state index >= 15 is 0 Å². The predicted molar refractivity (Wildman–Crippen MR) is 87.5 cm³/mol. The number of sulfonamides is 1. The van der Waals surface area contributed by atoms with Crippen LogP contribution >= 0.6 is 0 Å². The summed E-state index contributed by atoms with van der Waals surface area (Å²) >= 11 is 0. The summed E-state index contributed by atoms with van der Waals surface area (Å²) in [6.07, 6.45) is -0.964. The molecule has 1 amide bonds. The number of carbonyl (C=O) groups is 1. The van der Waals surface area contributed by atoms with Crippen molar-refractivity contribution in [2.24, 2.45) is 7.05 Å². The summed E-state index contributed by atoms with van der Waals surface area (Å²) in [6.45, 7) is 3.19. The van der Waals surface area contributed by atoms with E-state index in [-0.39, 0.29) is 11.5 Å². The first kappa shape index (κ1) is 17.2. The number of rotatable bonds is 4. The van der Waals surface area contributed by atoms with Crippen LogP contribution in [0.1, 0.15) is 11.4 Å². The molecular formula is C15H18N4O5S. The molecule has 2 heterocycles. The molecule has 3 rings (SSSR count). The number of para-hydroxylation sites is 2. The second kappa shape index (κ2) is 6.37. The van der Waals surface area contributed by atoms with Gasteiger partial charge in [-0.25, -0.2) is 8.42 Å². The molecule has 9 nitrogen and oxygen atoms in total. The Bertz CT molecular complexity index is 922. The van der Waals surface area contributed by atoms with E-state index in [1.807, 2.05) is 0 Å². The van der Waals surface area contributed by atoms with E-state index < -0.39 is 22.0 Å². The van der Waals surface area contributed by atoms with E-state index in [0.717, 1.165) is 0 Å². The van der Waals surface area contributed by atoms with Crippen LogP contribution in [0.25, 0.3) is 0 Å². The fraction of sp³-hybridized carbons (Fsp3) is 0.333. The molecule has 0 spiro atoms. The molecule has 2 N–H and O–H groups in total. The highest BCUT2D eigenvalue weighted by atomic mass is 32.2. The molecule has 1 aromatic carbocycles. The van der Waals surface area contributed by atoms with Crippen molar-refractivity contribution < 1.29 is 22.7 Å². The minimum absolute atomic E-state index is 0.0183. The average molecular weight is 366 g/mol. The highest BCUT2D eigenvalue weighted by Gasteiger charge is 2.29. The number of nitrogens with zero attached hydrogens (tertiary/aromatic N) is 2. The summed E-state index contributed by atoms with van der Waals surface area (Å²) in [5, 5.41) is 4.06. The molecule has 0 radical (unpaired) electrons. The molecule has 0 fully saturated rings. The number of benzene rings is 1. The Labute approximate surface area is 144 Å². The molecule has 134 valence electrons. The van der Waals surface area contributed by atoms with Crippen molar-refractivity contribution in [1.29, 1.82) is 0 Å². The predicted octanol–water partition coefficient (Wildman–Crippen LogP) is 0.186. The Kier molecular flexibility index (Phi) is 4.39. The van der Waals surface area contributed by atoms with Crippen LogP contribution in [0.3, 0.4) is 0 Å². The van der Waals surface area contributed by atoms with Gasteiger partial charge in [-0.05, 0) is 26.0 Å². The Balaban J connectivity index is 1.68. The van der Waals surface area contributed by atoms with Gasteiger partial charge in [0.15, 0.2) is 11.5 Å². The number of hydrazine groups is 1. The first-order valence-electron chi connectivity index (χ1n) is 7.50. The first-order valence-corrected chi connectivity index (χ1v) is 8.98. The number of aryl methyl sites for hydroxylation is 2. The molecular weight excluding hydrogens is 348 g/mol. The minimum Gasteiger partial charge on any atom is -0.485 e. The second-order valence-electron chi connectivity index (χ2n) is 5.58. The molecule has 1 aliphatic rings. The third kappa shape index (κ3) is 3.30. The van der Waals surface area contributed by atoms with E-state index in [9.17, 15) is 13.2 Å². The zero-order chi connectivity index (χ0) is 18.2. The van der Waals surface area contributed by atoms with Gasteiger partial charge in [0.05, 0.1) is 11.4 Å². The molecule has 0 unspecified atom stereocenters. The van der Waals surface area contributed by atoms with E-state index in [4.69, 9.17) is 9.47 Å². The lowest BCUT2D eigenvalue weighted by atomic mass is 10.2. The zero-order valence-corrected chi connectivity index (χ0v) is 14.8. The maximum Gasteiger partial charge on any atom is 0.279 e. The first-order chi connectivity index (χ1) is 11.8. The number of hydrogen-bond acceptors (Lipinski definition) is 6. The molecule has 0 saturated heterocycles. The van der Waals surface area contributed by atoms with Gasteiger partial charge in [-0.3, -0.25) is 14.9 Å².